The van der Waals surface area contributed by atoms with E-state index < -0.39 is 0 Å². The Kier molecular flexibility index (Phi) is 4.62. The number of fused-ring (bicyclic) bond motifs is 3. The lowest BCUT2D eigenvalue weighted by Gasteiger charge is -2.32. The topological polar surface area (TPSA) is 37.3 Å². The summed E-state index contributed by atoms with van der Waals surface area (Å²) in [7, 11) is 0. The highest BCUT2D eigenvalue weighted by molar-refractivity contribution is 5.76. The SMILES string of the molecule is Cc1ccc([C@@H]2c3cccn3-c3ccccc3CN2C(=O)NC2CCCC2)cc1. The first-order valence-corrected chi connectivity index (χ1v) is 10.6. The molecule has 0 bridgehead atoms. The molecule has 1 N–H and O–H groups in total. The van der Waals surface area contributed by atoms with Gasteiger partial charge in [-0.05, 0) is 49.1 Å². The minimum Gasteiger partial charge on any atom is -0.335 e. The van der Waals surface area contributed by atoms with Crippen molar-refractivity contribution >= 4 is 6.03 Å². The molecule has 29 heavy (non-hydrogen) atoms. The third kappa shape index (κ3) is 3.33. The standard InChI is InChI=1S/C25H27N3O/c1-18-12-14-19(15-13-18)24-23-11-6-16-27(23)22-10-5-2-7-20(22)17-28(24)25(29)26-21-8-3-4-9-21/h2,5-7,10-16,21,24H,3-4,8-9,17H2,1H3,(H,26,29)/t24-/m1/s1. The number of nitrogens with zero attached hydrogens (tertiary/aromatic N) is 2. The third-order valence-corrected chi connectivity index (χ3v) is 6.30. The van der Waals surface area contributed by atoms with Gasteiger partial charge in [-0.15, -0.1) is 0 Å². The maximum atomic E-state index is 13.5. The molecule has 2 heterocycles. The highest BCUT2D eigenvalue weighted by atomic mass is 16.2. The van der Waals surface area contributed by atoms with Crippen LogP contribution in [0.4, 0.5) is 4.79 Å². The predicted molar refractivity (Wildman–Crippen MR) is 115 cm³/mol. The molecule has 2 amide bonds. The van der Waals surface area contributed by atoms with Crippen molar-refractivity contribution in [3.63, 3.8) is 0 Å². The van der Waals surface area contributed by atoms with Crippen molar-refractivity contribution in [2.24, 2.45) is 0 Å². The summed E-state index contributed by atoms with van der Waals surface area (Å²) in [6, 6.07) is 21.4. The third-order valence-electron chi connectivity index (χ3n) is 6.30. The fraction of sp³-hybridized carbons (Fsp3) is 0.320. The molecule has 4 nitrogen and oxygen atoms in total. The molecule has 0 saturated heterocycles. The van der Waals surface area contributed by atoms with Crippen LogP contribution in [0, 0.1) is 6.92 Å². The zero-order valence-corrected chi connectivity index (χ0v) is 16.8. The molecule has 3 aromatic rings. The Labute approximate surface area is 172 Å². The number of benzene rings is 2. The molecule has 0 spiro atoms. The van der Waals surface area contributed by atoms with Gasteiger partial charge >= 0.3 is 6.03 Å². The molecule has 1 aliphatic heterocycles. The van der Waals surface area contributed by atoms with Gasteiger partial charge in [0.2, 0.25) is 0 Å². The summed E-state index contributed by atoms with van der Waals surface area (Å²) in [4.78, 5) is 15.5. The van der Waals surface area contributed by atoms with Crippen LogP contribution in [-0.2, 0) is 6.54 Å². The van der Waals surface area contributed by atoms with E-state index in [2.05, 4.69) is 83.7 Å². The Morgan fingerprint density at radius 2 is 1.72 bits per heavy atom. The van der Waals surface area contributed by atoms with E-state index >= 15 is 0 Å². The number of nitrogens with one attached hydrogen (secondary N) is 1. The van der Waals surface area contributed by atoms with E-state index in [1.54, 1.807) is 0 Å². The predicted octanol–water partition coefficient (Wildman–Crippen LogP) is 5.34. The van der Waals surface area contributed by atoms with Crippen LogP contribution in [-0.4, -0.2) is 21.5 Å². The molecule has 2 aliphatic rings. The van der Waals surface area contributed by atoms with E-state index in [0.29, 0.717) is 12.6 Å². The summed E-state index contributed by atoms with van der Waals surface area (Å²) in [5, 5.41) is 3.32. The fourth-order valence-corrected chi connectivity index (χ4v) is 4.77. The Balaban J connectivity index is 1.61. The summed E-state index contributed by atoms with van der Waals surface area (Å²) in [5.41, 5.74) is 5.82. The van der Waals surface area contributed by atoms with Crippen LogP contribution in [0.3, 0.4) is 0 Å². The molecule has 0 unspecified atom stereocenters. The summed E-state index contributed by atoms with van der Waals surface area (Å²) >= 11 is 0. The minimum absolute atomic E-state index is 0.0342. The molecule has 148 valence electrons. The Hall–Kier alpha value is -3.01. The van der Waals surface area contributed by atoms with Crippen LogP contribution in [0.15, 0.2) is 66.9 Å². The van der Waals surface area contributed by atoms with Crippen molar-refractivity contribution in [2.45, 2.75) is 51.2 Å². The average Bonchev–Trinajstić information content (AvgIpc) is 3.39. The molecule has 1 fully saturated rings. The van der Waals surface area contributed by atoms with Crippen LogP contribution in [0.25, 0.3) is 5.69 Å². The number of para-hydroxylation sites is 1. The smallest absolute Gasteiger partial charge is 0.318 e. The quantitative estimate of drug-likeness (QED) is 0.635. The van der Waals surface area contributed by atoms with E-state index in [-0.39, 0.29) is 12.1 Å². The van der Waals surface area contributed by atoms with Gasteiger partial charge in [0, 0.05) is 17.9 Å². The molecular weight excluding hydrogens is 358 g/mol. The Morgan fingerprint density at radius 3 is 2.52 bits per heavy atom. The number of urea groups is 1. The van der Waals surface area contributed by atoms with Crippen molar-refractivity contribution in [1.82, 2.24) is 14.8 Å². The maximum Gasteiger partial charge on any atom is 0.318 e. The molecule has 5 rings (SSSR count). The number of amides is 2. The molecule has 1 aromatic heterocycles. The normalized spacial score (nSPS) is 18.8. The highest BCUT2D eigenvalue weighted by Crippen LogP contribution is 2.36. The van der Waals surface area contributed by atoms with Crippen LogP contribution in [0.5, 0.6) is 0 Å². The first-order chi connectivity index (χ1) is 14.2. The monoisotopic (exact) mass is 385 g/mol. The number of hydrogen-bond acceptors (Lipinski definition) is 1. The van der Waals surface area contributed by atoms with Crippen molar-refractivity contribution in [2.75, 3.05) is 0 Å². The number of aromatic nitrogens is 1. The molecule has 0 radical (unpaired) electrons. The van der Waals surface area contributed by atoms with Crippen molar-refractivity contribution in [1.29, 1.82) is 0 Å². The lowest BCUT2D eigenvalue weighted by atomic mass is 10.0. The largest absolute Gasteiger partial charge is 0.335 e. The average molecular weight is 386 g/mol. The lowest BCUT2D eigenvalue weighted by molar-refractivity contribution is 0.176. The molecular formula is C25H27N3O. The molecule has 1 aliphatic carbocycles. The van der Waals surface area contributed by atoms with Gasteiger partial charge in [0.15, 0.2) is 0 Å². The van der Waals surface area contributed by atoms with Crippen LogP contribution in [0.1, 0.15) is 54.1 Å². The van der Waals surface area contributed by atoms with Gasteiger partial charge < -0.3 is 14.8 Å². The summed E-state index contributed by atoms with van der Waals surface area (Å²) in [5.74, 6) is 0. The van der Waals surface area contributed by atoms with E-state index in [0.717, 1.165) is 29.8 Å². The summed E-state index contributed by atoms with van der Waals surface area (Å²) in [6.07, 6.45) is 6.69. The number of aryl methyl sites for hydroxylation is 1. The number of hydrogen-bond donors (Lipinski definition) is 1. The first-order valence-electron chi connectivity index (χ1n) is 10.6. The van der Waals surface area contributed by atoms with E-state index in [1.165, 1.54) is 24.0 Å². The van der Waals surface area contributed by atoms with Crippen molar-refractivity contribution < 1.29 is 4.79 Å². The highest BCUT2D eigenvalue weighted by Gasteiger charge is 2.33. The lowest BCUT2D eigenvalue weighted by Crippen LogP contribution is -2.45. The first kappa shape index (κ1) is 18.0. The van der Waals surface area contributed by atoms with Gasteiger partial charge in [-0.2, -0.15) is 0 Å². The zero-order valence-electron chi connectivity index (χ0n) is 16.8. The van der Waals surface area contributed by atoms with Crippen LogP contribution in [0.2, 0.25) is 0 Å². The maximum absolute atomic E-state index is 13.5. The molecule has 1 saturated carbocycles. The van der Waals surface area contributed by atoms with Crippen molar-refractivity contribution in [3.05, 3.63) is 89.2 Å². The van der Waals surface area contributed by atoms with Crippen LogP contribution < -0.4 is 5.32 Å². The summed E-state index contributed by atoms with van der Waals surface area (Å²) < 4.78 is 2.24. The Morgan fingerprint density at radius 1 is 0.966 bits per heavy atom. The second kappa shape index (κ2) is 7.43. The second-order valence-corrected chi connectivity index (χ2v) is 8.30. The molecule has 2 aromatic carbocycles. The summed E-state index contributed by atoms with van der Waals surface area (Å²) in [6.45, 7) is 2.69. The fourth-order valence-electron chi connectivity index (χ4n) is 4.77. The number of carbonyl (C=O) groups is 1. The number of carbonyl (C=O) groups excluding carboxylic acids is 1. The van der Waals surface area contributed by atoms with E-state index in [9.17, 15) is 4.79 Å². The molecule has 1 atom stereocenters. The van der Waals surface area contributed by atoms with Gasteiger partial charge in [0.25, 0.3) is 0 Å². The second-order valence-electron chi connectivity index (χ2n) is 8.30. The van der Waals surface area contributed by atoms with E-state index in [4.69, 9.17) is 0 Å². The van der Waals surface area contributed by atoms with Gasteiger partial charge in [-0.3, -0.25) is 0 Å². The zero-order chi connectivity index (χ0) is 19.8. The Bertz CT molecular complexity index is 1010. The number of rotatable bonds is 2. The van der Waals surface area contributed by atoms with Gasteiger partial charge in [-0.25, -0.2) is 4.79 Å². The van der Waals surface area contributed by atoms with Crippen LogP contribution >= 0.6 is 0 Å². The molecule has 4 heteroatoms. The van der Waals surface area contributed by atoms with Gasteiger partial charge in [0.1, 0.15) is 0 Å². The van der Waals surface area contributed by atoms with Gasteiger partial charge in [0.05, 0.1) is 18.3 Å². The minimum atomic E-state index is -0.126. The van der Waals surface area contributed by atoms with Gasteiger partial charge in [-0.1, -0.05) is 60.9 Å². The van der Waals surface area contributed by atoms with Crippen molar-refractivity contribution in [3.8, 4) is 5.69 Å². The van der Waals surface area contributed by atoms with E-state index in [1.807, 2.05) is 4.90 Å².